The summed E-state index contributed by atoms with van der Waals surface area (Å²) in [6.07, 6.45) is 5.66. The van der Waals surface area contributed by atoms with Gasteiger partial charge in [-0.15, -0.1) is 0 Å². The summed E-state index contributed by atoms with van der Waals surface area (Å²) >= 11 is 3.39. The Bertz CT molecular complexity index is 157. The summed E-state index contributed by atoms with van der Waals surface area (Å²) in [6.45, 7) is 3.83. The molecular formula is C10H20BrNO. The van der Waals surface area contributed by atoms with Crippen LogP contribution in [-0.2, 0) is 4.79 Å². The van der Waals surface area contributed by atoms with E-state index in [9.17, 15) is 4.79 Å². The molecule has 3 heteroatoms. The Hall–Kier alpha value is -0.0500. The van der Waals surface area contributed by atoms with Gasteiger partial charge in [0.15, 0.2) is 0 Å². The average Bonchev–Trinajstić information content (AvgIpc) is 2.03. The second-order valence-corrected chi connectivity index (χ2v) is 4.89. The molecule has 0 unspecified atom stereocenters. The molecule has 0 fully saturated rings. The Morgan fingerprint density at radius 3 is 2.23 bits per heavy atom. The largest absolute Gasteiger partial charge is 0.369 e. The summed E-state index contributed by atoms with van der Waals surface area (Å²) < 4.78 is 0. The van der Waals surface area contributed by atoms with E-state index >= 15 is 0 Å². The Labute approximate surface area is 89.4 Å². The predicted molar refractivity (Wildman–Crippen MR) is 59.9 cm³/mol. The zero-order valence-electron chi connectivity index (χ0n) is 8.61. The van der Waals surface area contributed by atoms with Crippen molar-refractivity contribution in [3.05, 3.63) is 0 Å². The van der Waals surface area contributed by atoms with Gasteiger partial charge in [0.25, 0.3) is 0 Å². The molecule has 0 aromatic rings. The van der Waals surface area contributed by atoms with E-state index < -0.39 is 0 Å². The van der Waals surface area contributed by atoms with E-state index in [1.807, 2.05) is 13.8 Å². The molecule has 0 aromatic heterocycles. The monoisotopic (exact) mass is 249 g/mol. The molecule has 0 heterocycles. The number of hydrogen-bond acceptors (Lipinski definition) is 1. The summed E-state index contributed by atoms with van der Waals surface area (Å²) in [5.41, 5.74) is 4.94. The molecule has 0 atom stereocenters. The molecule has 2 N–H and O–H groups in total. The SMILES string of the molecule is CC(C)(CCCCCCBr)C(N)=O. The summed E-state index contributed by atoms with van der Waals surface area (Å²) in [7, 11) is 0. The molecule has 13 heavy (non-hydrogen) atoms. The standard InChI is InChI=1S/C10H20BrNO/c1-10(2,9(12)13)7-5-3-4-6-8-11/h3-8H2,1-2H3,(H2,12,13). The van der Waals surface area contributed by atoms with E-state index in [1.54, 1.807) is 0 Å². The van der Waals surface area contributed by atoms with Crippen LogP contribution in [0.25, 0.3) is 0 Å². The lowest BCUT2D eigenvalue weighted by Gasteiger charge is -2.19. The molecular weight excluding hydrogens is 230 g/mol. The molecule has 78 valence electrons. The van der Waals surface area contributed by atoms with Crippen molar-refractivity contribution in [1.82, 2.24) is 0 Å². The van der Waals surface area contributed by atoms with Crippen molar-refractivity contribution in [2.75, 3.05) is 5.33 Å². The second kappa shape index (κ2) is 6.41. The van der Waals surface area contributed by atoms with Gasteiger partial charge in [-0.2, -0.15) is 0 Å². The summed E-state index contributed by atoms with van der Waals surface area (Å²) in [5.74, 6) is -0.187. The van der Waals surface area contributed by atoms with Gasteiger partial charge in [0.1, 0.15) is 0 Å². The predicted octanol–water partition coefficient (Wildman–Crippen LogP) is 2.84. The molecule has 0 saturated carbocycles. The number of halogens is 1. The number of hydrogen-bond donors (Lipinski definition) is 1. The van der Waals surface area contributed by atoms with Crippen LogP contribution in [-0.4, -0.2) is 11.2 Å². The van der Waals surface area contributed by atoms with Gasteiger partial charge in [-0.25, -0.2) is 0 Å². The number of unbranched alkanes of at least 4 members (excludes halogenated alkanes) is 3. The van der Waals surface area contributed by atoms with Crippen LogP contribution in [0.1, 0.15) is 46.0 Å². The molecule has 0 spiro atoms. The first kappa shape index (κ1) is 12.9. The molecule has 2 nitrogen and oxygen atoms in total. The second-order valence-electron chi connectivity index (χ2n) is 4.10. The zero-order chi connectivity index (χ0) is 10.3. The molecule has 0 rings (SSSR count). The van der Waals surface area contributed by atoms with Crippen LogP contribution < -0.4 is 5.73 Å². The highest BCUT2D eigenvalue weighted by molar-refractivity contribution is 9.09. The van der Waals surface area contributed by atoms with Crippen molar-refractivity contribution < 1.29 is 4.79 Å². The van der Waals surface area contributed by atoms with E-state index in [0.29, 0.717) is 0 Å². The minimum atomic E-state index is -0.325. The van der Waals surface area contributed by atoms with Crippen molar-refractivity contribution >= 4 is 21.8 Å². The van der Waals surface area contributed by atoms with Crippen molar-refractivity contribution in [2.24, 2.45) is 11.1 Å². The van der Waals surface area contributed by atoms with Crippen LogP contribution in [0.2, 0.25) is 0 Å². The van der Waals surface area contributed by atoms with Gasteiger partial charge in [0, 0.05) is 10.7 Å². The maximum absolute atomic E-state index is 11.0. The number of nitrogens with two attached hydrogens (primary N) is 1. The van der Waals surface area contributed by atoms with E-state index in [4.69, 9.17) is 5.73 Å². The third-order valence-corrected chi connectivity index (χ3v) is 2.91. The van der Waals surface area contributed by atoms with Gasteiger partial charge >= 0.3 is 0 Å². The van der Waals surface area contributed by atoms with Crippen molar-refractivity contribution in [3.63, 3.8) is 0 Å². The Balaban J connectivity index is 3.46. The molecule has 0 aliphatic carbocycles. The lowest BCUT2D eigenvalue weighted by atomic mass is 9.86. The first-order valence-electron chi connectivity index (χ1n) is 4.86. The first-order valence-corrected chi connectivity index (χ1v) is 5.99. The van der Waals surface area contributed by atoms with Crippen LogP contribution >= 0.6 is 15.9 Å². The summed E-state index contributed by atoms with van der Waals surface area (Å²) in [6, 6.07) is 0. The maximum Gasteiger partial charge on any atom is 0.223 e. The third-order valence-electron chi connectivity index (χ3n) is 2.35. The summed E-state index contributed by atoms with van der Waals surface area (Å²) in [4.78, 5) is 11.0. The third kappa shape index (κ3) is 6.08. The number of carbonyl (C=O) groups is 1. The summed E-state index contributed by atoms with van der Waals surface area (Å²) in [5, 5.41) is 1.08. The highest BCUT2D eigenvalue weighted by Gasteiger charge is 2.23. The fourth-order valence-electron chi connectivity index (χ4n) is 1.14. The van der Waals surface area contributed by atoms with E-state index in [0.717, 1.165) is 18.2 Å². The quantitative estimate of drug-likeness (QED) is 0.548. The molecule has 0 bridgehead atoms. The molecule has 0 radical (unpaired) electrons. The number of carbonyl (C=O) groups excluding carboxylic acids is 1. The van der Waals surface area contributed by atoms with Gasteiger partial charge in [-0.05, 0) is 12.8 Å². The van der Waals surface area contributed by atoms with Gasteiger partial charge < -0.3 is 5.73 Å². The zero-order valence-corrected chi connectivity index (χ0v) is 10.2. The fraction of sp³-hybridized carbons (Fsp3) is 0.900. The molecule has 0 aliphatic rings. The molecule has 1 amide bonds. The minimum absolute atomic E-state index is 0.187. The van der Waals surface area contributed by atoms with Gasteiger partial charge in [0.2, 0.25) is 5.91 Å². The smallest absolute Gasteiger partial charge is 0.223 e. The number of primary amides is 1. The van der Waals surface area contributed by atoms with Gasteiger partial charge in [-0.3, -0.25) is 4.79 Å². The Morgan fingerprint density at radius 2 is 1.77 bits per heavy atom. The molecule has 0 aromatic carbocycles. The van der Waals surface area contributed by atoms with E-state index in [2.05, 4.69) is 15.9 Å². The number of alkyl halides is 1. The Kier molecular flexibility index (Phi) is 6.39. The number of amides is 1. The lowest BCUT2D eigenvalue weighted by molar-refractivity contribution is -0.126. The molecule has 0 aliphatic heterocycles. The van der Waals surface area contributed by atoms with Crippen LogP contribution in [0.5, 0.6) is 0 Å². The topological polar surface area (TPSA) is 43.1 Å². The number of rotatable bonds is 7. The maximum atomic E-state index is 11.0. The van der Waals surface area contributed by atoms with E-state index in [1.165, 1.54) is 19.3 Å². The van der Waals surface area contributed by atoms with Crippen LogP contribution in [0.15, 0.2) is 0 Å². The average molecular weight is 250 g/mol. The highest BCUT2D eigenvalue weighted by atomic mass is 79.9. The normalized spacial score (nSPS) is 11.6. The van der Waals surface area contributed by atoms with Crippen molar-refractivity contribution in [3.8, 4) is 0 Å². The van der Waals surface area contributed by atoms with E-state index in [-0.39, 0.29) is 11.3 Å². The molecule has 0 saturated heterocycles. The van der Waals surface area contributed by atoms with Gasteiger partial charge in [-0.1, -0.05) is 49.0 Å². The Morgan fingerprint density at radius 1 is 1.23 bits per heavy atom. The van der Waals surface area contributed by atoms with Crippen molar-refractivity contribution in [2.45, 2.75) is 46.0 Å². The van der Waals surface area contributed by atoms with Crippen LogP contribution in [0, 0.1) is 5.41 Å². The lowest BCUT2D eigenvalue weighted by Crippen LogP contribution is -2.31. The minimum Gasteiger partial charge on any atom is -0.369 e. The van der Waals surface area contributed by atoms with Crippen LogP contribution in [0.4, 0.5) is 0 Å². The van der Waals surface area contributed by atoms with Crippen LogP contribution in [0.3, 0.4) is 0 Å². The van der Waals surface area contributed by atoms with Gasteiger partial charge in [0.05, 0.1) is 0 Å². The first-order chi connectivity index (χ1) is 6.00. The highest BCUT2D eigenvalue weighted by Crippen LogP contribution is 2.23. The van der Waals surface area contributed by atoms with Crippen molar-refractivity contribution in [1.29, 1.82) is 0 Å². The fourth-order valence-corrected chi connectivity index (χ4v) is 1.53.